The Balaban J connectivity index is 1.93. The minimum Gasteiger partial charge on any atom is -0.376 e. The van der Waals surface area contributed by atoms with Gasteiger partial charge in [-0.25, -0.2) is 5.43 Å². The first-order valence-corrected chi connectivity index (χ1v) is 7.67. The summed E-state index contributed by atoms with van der Waals surface area (Å²) in [7, 11) is 0. The number of H-pyrrole nitrogens is 1. The van der Waals surface area contributed by atoms with Crippen LogP contribution in [0.25, 0.3) is 0 Å². The number of anilines is 1. The van der Waals surface area contributed by atoms with Crippen molar-refractivity contribution in [3.05, 3.63) is 52.3 Å². The summed E-state index contributed by atoms with van der Waals surface area (Å²) >= 11 is 0. The average Bonchev–Trinajstić information content (AvgIpc) is 2.83. The summed E-state index contributed by atoms with van der Waals surface area (Å²) in [5, 5.41) is 7.33. The first-order chi connectivity index (χ1) is 10.9. The number of carbonyl (C=O) groups is 1. The normalized spacial score (nSPS) is 11.4. The lowest BCUT2D eigenvalue weighted by Gasteiger charge is -2.09. The number of aromatic nitrogens is 1. The number of hydrogen-bond donors (Lipinski definition) is 3. The number of carbonyl (C=O) groups excluding carboxylic acids is 1. The molecule has 0 bridgehead atoms. The van der Waals surface area contributed by atoms with E-state index < -0.39 is 0 Å². The van der Waals surface area contributed by atoms with E-state index in [0.717, 1.165) is 33.8 Å². The second-order valence-corrected chi connectivity index (χ2v) is 5.88. The summed E-state index contributed by atoms with van der Waals surface area (Å²) in [5.41, 5.74) is 9.89. The van der Waals surface area contributed by atoms with Crippen molar-refractivity contribution in [2.24, 2.45) is 5.10 Å². The van der Waals surface area contributed by atoms with Crippen molar-refractivity contribution in [1.82, 2.24) is 10.4 Å². The summed E-state index contributed by atoms with van der Waals surface area (Å²) in [4.78, 5) is 15.1. The van der Waals surface area contributed by atoms with Crippen molar-refractivity contribution in [1.29, 1.82) is 0 Å². The molecule has 2 rings (SSSR count). The van der Waals surface area contributed by atoms with Gasteiger partial charge in [0.1, 0.15) is 0 Å². The van der Waals surface area contributed by atoms with Crippen LogP contribution in [0.3, 0.4) is 0 Å². The van der Waals surface area contributed by atoms with E-state index in [-0.39, 0.29) is 12.5 Å². The molecular formula is C18H24N4O. The molecule has 5 nitrogen and oxygen atoms in total. The van der Waals surface area contributed by atoms with Gasteiger partial charge in [-0.15, -0.1) is 0 Å². The SMILES string of the molecule is C/C(=N\NC(=O)CNc1ccc(C)cc1C)c1c(C)c[nH]c1C. The molecule has 0 aliphatic carbocycles. The molecule has 23 heavy (non-hydrogen) atoms. The van der Waals surface area contributed by atoms with Crippen molar-refractivity contribution < 1.29 is 4.79 Å². The molecule has 0 atom stereocenters. The Bertz CT molecular complexity index is 724. The Morgan fingerprint density at radius 1 is 1.17 bits per heavy atom. The van der Waals surface area contributed by atoms with Gasteiger partial charge in [-0.2, -0.15) is 5.10 Å². The number of amides is 1. The molecule has 0 spiro atoms. The Hall–Kier alpha value is -2.56. The first-order valence-electron chi connectivity index (χ1n) is 7.67. The highest BCUT2D eigenvalue weighted by atomic mass is 16.2. The molecular weight excluding hydrogens is 288 g/mol. The zero-order valence-electron chi connectivity index (χ0n) is 14.4. The van der Waals surface area contributed by atoms with Gasteiger partial charge in [-0.3, -0.25) is 4.79 Å². The number of rotatable bonds is 5. The predicted molar refractivity (Wildman–Crippen MR) is 95.0 cm³/mol. The minimum atomic E-state index is -0.171. The highest BCUT2D eigenvalue weighted by Gasteiger charge is 2.08. The second-order valence-electron chi connectivity index (χ2n) is 5.88. The summed E-state index contributed by atoms with van der Waals surface area (Å²) in [6.07, 6.45) is 1.94. The van der Waals surface area contributed by atoms with Crippen molar-refractivity contribution in [3.63, 3.8) is 0 Å². The van der Waals surface area contributed by atoms with Crippen LogP contribution in [0.5, 0.6) is 0 Å². The lowest BCUT2D eigenvalue weighted by molar-refractivity contribution is -0.119. The van der Waals surface area contributed by atoms with Gasteiger partial charge in [-0.1, -0.05) is 17.7 Å². The summed E-state index contributed by atoms with van der Waals surface area (Å²) in [6, 6.07) is 6.09. The van der Waals surface area contributed by atoms with Gasteiger partial charge in [0.05, 0.1) is 12.3 Å². The van der Waals surface area contributed by atoms with Gasteiger partial charge in [0.15, 0.2) is 0 Å². The first kappa shape index (κ1) is 16.8. The summed E-state index contributed by atoms with van der Waals surface area (Å²) in [5.74, 6) is -0.171. The lowest BCUT2D eigenvalue weighted by Crippen LogP contribution is -2.27. The molecule has 0 saturated heterocycles. The molecule has 0 saturated carbocycles. The second kappa shape index (κ2) is 7.13. The largest absolute Gasteiger partial charge is 0.376 e. The van der Waals surface area contributed by atoms with E-state index in [1.165, 1.54) is 5.56 Å². The molecule has 1 heterocycles. The fraction of sp³-hybridized carbons (Fsp3) is 0.333. The standard InChI is InChI=1S/C18H24N4O/c1-11-6-7-16(12(2)8-11)20-10-17(23)22-21-15(5)18-13(3)9-19-14(18)4/h6-9,19-20H,10H2,1-5H3,(H,22,23)/b21-15+. The van der Waals surface area contributed by atoms with Crippen LogP contribution in [-0.4, -0.2) is 23.1 Å². The molecule has 122 valence electrons. The molecule has 5 heteroatoms. The zero-order chi connectivity index (χ0) is 17.0. The maximum atomic E-state index is 11.9. The van der Waals surface area contributed by atoms with Gasteiger partial charge in [-0.05, 0) is 51.8 Å². The molecule has 1 aromatic carbocycles. The van der Waals surface area contributed by atoms with Crippen LogP contribution < -0.4 is 10.7 Å². The molecule has 0 unspecified atom stereocenters. The summed E-state index contributed by atoms with van der Waals surface area (Å²) in [6.45, 7) is 10.2. The monoisotopic (exact) mass is 312 g/mol. The van der Waals surface area contributed by atoms with Crippen LogP contribution in [0.1, 0.15) is 34.9 Å². The highest BCUT2D eigenvalue weighted by Crippen LogP contribution is 2.15. The van der Waals surface area contributed by atoms with E-state index >= 15 is 0 Å². The van der Waals surface area contributed by atoms with E-state index in [2.05, 4.69) is 26.9 Å². The van der Waals surface area contributed by atoms with E-state index in [1.807, 2.05) is 52.9 Å². The van der Waals surface area contributed by atoms with E-state index in [9.17, 15) is 4.79 Å². The van der Waals surface area contributed by atoms with Crippen molar-refractivity contribution in [2.75, 3.05) is 11.9 Å². The van der Waals surface area contributed by atoms with Crippen LogP contribution in [-0.2, 0) is 4.79 Å². The third-order valence-corrected chi connectivity index (χ3v) is 3.81. The molecule has 0 aliphatic rings. The van der Waals surface area contributed by atoms with Crippen LogP contribution in [0.15, 0.2) is 29.5 Å². The van der Waals surface area contributed by atoms with Gasteiger partial charge in [0, 0.05) is 23.1 Å². The number of nitrogens with zero attached hydrogens (tertiary/aromatic N) is 1. The number of benzene rings is 1. The third kappa shape index (κ3) is 4.22. The number of nitrogens with one attached hydrogen (secondary N) is 3. The number of aromatic amines is 1. The van der Waals surface area contributed by atoms with E-state index in [0.29, 0.717) is 0 Å². The molecule has 0 radical (unpaired) electrons. The van der Waals surface area contributed by atoms with E-state index in [1.54, 1.807) is 0 Å². The molecule has 3 N–H and O–H groups in total. The number of hydrazone groups is 1. The Morgan fingerprint density at radius 2 is 1.91 bits per heavy atom. The Labute approximate surface area is 137 Å². The molecule has 1 amide bonds. The Kier molecular flexibility index (Phi) is 5.21. The quantitative estimate of drug-likeness (QED) is 0.586. The lowest BCUT2D eigenvalue weighted by atomic mass is 10.1. The van der Waals surface area contributed by atoms with Crippen LogP contribution in [0.2, 0.25) is 0 Å². The van der Waals surface area contributed by atoms with Crippen molar-refractivity contribution in [2.45, 2.75) is 34.6 Å². The van der Waals surface area contributed by atoms with Crippen LogP contribution >= 0.6 is 0 Å². The van der Waals surface area contributed by atoms with Gasteiger partial charge >= 0.3 is 0 Å². The average molecular weight is 312 g/mol. The molecule has 0 fully saturated rings. The molecule has 1 aromatic heterocycles. The van der Waals surface area contributed by atoms with Crippen molar-refractivity contribution in [3.8, 4) is 0 Å². The fourth-order valence-electron chi connectivity index (χ4n) is 2.64. The third-order valence-electron chi connectivity index (χ3n) is 3.81. The number of aryl methyl sites for hydroxylation is 4. The highest BCUT2D eigenvalue weighted by molar-refractivity contribution is 6.01. The Morgan fingerprint density at radius 3 is 2.52 bits per heavy atom. The fourth-order valence-corrected chi connectivity index (χ4v) is 2.64. The van der Waals surface area contributed by atoms with Crippen LogP contribution in [0.4, 0.5) is 5.69 Å². The number of hydrogen-bond acceptors (Lipinski definition) is 3. The predicted octanol–water partition coefficient (Wildman–Crippen LogP) is 3.20. The van der Waals surface area contributed by atoms with Crippen LogP contribution in [0, 0.1) is 27.7 Å². The molecule has 2 aromatic rings. The topological polar surface area (TPSA) is 69.3 Å². The minimum absolute atomic E-state index is 0.171. The maximum absolute atomic E-state index is 11.9. The van der Waals surface area contributed by atoms with Crippen molar-refractivity contribution >= 4 is 17.3 Å². The zero-order valence-corrected chi connectivity index (χ0v) is 14.4. The van der Waals surface area contributed by atoms with Gasteiger partial charge in [0.25, 0.3) is 5.91 Å². The smallest absolute Gasteiger partial charge is 0.259 e. The van der Waals surface area contributed by atoms with Gasteiger partial charge in [0.2, 0.25) is 0 Å². The molecule has 0 aliphatic heterocycles. The maximum Gasteiger partial charge on any atom is 0.259 e. The van der Waals surface area contributed by atoms with E-state index in [4.69, 9.17) is 0 Å². The van der Waals surface area contributed by atoms with Gasteiger partial charge < -0.3 is 10.3 Å². The summed E-state index contributed by atoms with van der Waals surface area (Å²) < 4.78 is 0.